The summed E-state index contributed by atoms with van der Waals surface area (Å²) in [5, 5.41) is 8.00. The van der Waals surface area contributed by atoms with Crippen molar-refractivity contribution in [3.05, 3.63) is 48.3 Å². The zero-order chi connectivity index (χ0) is 13.2. The van der Waals surface area contributed by atoms with Crippen LogP contribution in [-0.2, 0) is 6.54 Å². The van der Waals surface area contributed by atoms with Crippen LogP contribution in [0.15, 0.2) is 42.7 Å². The molecule has 0 spiro atoms. The SMILES string of the molecule is CC1CC(Nc2cnn(Cc3ccccc3)c2)C1C. The predicted octanol–water partition coefficient (Wildman–Crippen LogP) is 3.39. The largest absolute Gasteiger partial charge is 0.379 e. The molecule has 100 valence electrons. The Kier molecular flexibility index (Phi) is 3.28. The second-order valence-electron chi connectivity index (χ2n) is 5.74. The lowest BCUT2D eigenvalue weighted by Gasteiger charge is -2.41. The van der Waals surface area contributed by atoms with Crippen molar-refractivity contribution in [3.63, 3.8) is 0 Å². The summed E-state index contributed by atoms with van der Waals surface area (Å²) >= 11 is 0. The molecule has 0 radical (unpaired) electrons. The van der Waals surface area contributed by atoms with Crippen molar-refractivity contribution in [3.8, 4) is 0 Å². The van der Waals surface area contributed by atoms with E-state index in [0.29, 0.717) is 6.04 Å². The quantitative estimate of drug-likeness (QED) is 0.907. The van der Waals surface area contributed by atoms with Gasteiger partial charge in [-0.3, -0.25) is 4.68 Å². The summed E-state index contributed by atoms with van der Waals surface area (Å²) < 4.78 is 1.99. The van der Waals surface area contributed by atoms with Crippen LogP contribution in [0, 0.1) is 11.8 Å². The Hall–Kier alpha value is -1.77. The molecule has 3 atom stereocenters. The molecule has 1 aromatic heterocycles. The summed E-state index contributed by atoms with van der Waals surface area (Å²) in [6, 6.07) is 11.0. The second-order valence-corrected chi connectivity index (χ2v) is 5.74. The van der Waals surface area contributed by atoms with Crippen molar-refractivity contribution in [1.82, 2.24) is 9.78 Å². The predicted molar refractivity (Wildman–Crippen MR) is 78.1 cm³/mol. The number of nitrogens with zero attached hydrogens (tertiary/aromatic N) is 2. The Labute approximate surface area is 114 Å². The van der Waals surface area contributed by atoms with Gasteiger partial charge in [0.25, 0.3) is 0 Å². The van der Waals surface area contributed by atoms with Gasteiger partial charge in [-0.05, 0) is 23.8 Å². The van der Waals surface area contributed by atoms with Crippen LogP contribution >= 0.6 is 0 Å². The monoisotopic (exact) mass is 255 g/mol. The van der Waals surface area contributed by atoms with E-state index in [-0.39, 0.29) is 0 Å². The molecule has 1 fully saturated rings. The molecule has 1 aliphatic rings. The fraction of sp³-hybridized carbons (Fsp3) is 0.438. The van der Waals surface area contributed by atoms with Crippen molar-refractivity contribution in [2.75, 3.05) is 5.32 Å². The maximum atomic E-state index is 4.42. The highest BCUT2D eigenvalue weighted by Crippen LogP contribution is 2.35. The molecule has 19 heavy (non-hydrogen) atoms. The van der Waals surface area contributed by atoms with Gasteiger partial charge in [0.1, 0.15) is 0 Å². The van der Waals surface area contributed by atoms with Gasteiger partial charge in [-0.15, -0.1) is 0 Å². The molecular weight excluding hydrogens is 234 g/mol. The minimum atomic E-state index is 0.615. The molecule has 1 N–H and O–H groups in total. The third-order valence-electron chi connectivity index (χ3n) is 4.33. The van der Waals surface area contributed by atoms with E-state index in [0.717, 1.165) is 24.1 Å². The average molecular weight is 255 g/mol. The lowest BCUT2D eigenvalue weighted by Crippen LogP contribution is -2.43. The Morgan fingerprint density at radius 2 is 2.05 bits per heavy atom. The molecule has 0 aliphatic heterocycles. The topological polar surface area (TPSA) is 29.9 Å². The number of hydrogen-bond acceptors (Lipinski definition) is 2. The van der Waals surface area contributed by atoms with Crippen LogP contribution in [0.25, 0.3) is 0 Å². The average Bonchev–Trinajstić information content (AvgIpc) is 2.87. The molecule has 1 aliphatic carbocycles. The fourth-order valence-electron chi connectivity index (χ4n) is 2.73. The summed E-state index contributed by atoms with van der Waals surface area (Å²) in [6.07, 6.45) is 5.30. The van der Waals surface area contributed by atoms with Crippen LogP contribution < -0.4 is 5.32 Å². The van der Waals surface area contributed by atoms with Crippen LogP contribution in [0.2, 0.25) is 0 Å². The van der Waals surface area contributed by atoms with Crippen LogP contribution in [0.4, 0.5) is 5.69 Å². The summed E-state index contributed by atoms with van der Waals surface area (Å²) in [7, 11) is 0. The van der Waals surface area contributed by atoms with E-state index < -0.39 is 0 Å². The Bertz CT molecular complexity index is 532. The fourth-order valence-corrected chi connectivity index (χ4v) is 2.73. The Balaban J connectivity index is 1.61. The molecule has 2 aromatic rings. The molecule has 3 unspecified atom stereocenters. The number of anilines is 1. The van der Waals surface area contributed by atoms with E-state index in [9.17, 15) is 0 Å². The Morgan fingerprint density at radius 3 is 2.74 bits per heavy atom. The van der Waals surface area contributed by atoms with E-state index in [2.05, 4.69) is 54.7 Å². The van der Waals surface area contributed by atoms with Crippen molar-refractivity contribution in [1.29, 1.82) is 0 Å². The summed E-state index contributed by atoms with van der Waals surface area (Å²) in [5.41, 5.74) is 2.42. The molecule has 0 saturated heterocycles. The van der Waals surface area contributed by atoms with Crippen LogP contribution in [0.1, 0.15) is 25.8 Å². The van der Waals surface area contributed by atoms with Crippen molar-refractivity contribution in [2.24, 2.45) is 11.8 Å². The summed E-state index contributed by atoms with van der Waals surface area (Å²) in [4.78, 5) is 0. The first kappa shape index (κ1) is 12.3. The van der Waals surface area contributed by atoms with Crippen LogP contribution in [0.3, 0.4) is 0 Å². The van der Waals surface area contributed by atoms with E-state index in [1.807, 2.05) is 16.9 Å². The lowest BCUT2D eigenvalue weighted by molar-refractivity contribution is 0.189. The number of aromatic nitrogens is 2. The smallest absolute Gasteiger partial charge is 0.0728 e. The van der Waals surface area contributed by atoms with Crippen molar-refractivity contribution in [2.45, 2.75) is 32.9 Å². The molecule has 3 heteroatoms. The van der Waals surface area contributed by atoms with Gasteiger partial charge in [0.15, 0.2) is 0 Å². The normalized spacial score (nSPS) is 25.9. The number of nitrogens with one attached hydrogen (secondary N) is 1. The number of hydrogen-bond donors (Lipinski definition) is 1. The summed E-state index contributed by atoms with van der Waals surface area (Å²) in [5.74, 6) is 1.61. The number of rotatable bonds is 4. The number of benzene rings is 1. The van der Waals surface area contributed by atoms with Crippen molar-refractivity contribution >= 4 is 5.69 Å². The van der Waals surface area contributed by atoms with Gasteiger partial charge in [0.05, 0.1) is 18.4 Å². The standard InChI is InChI=1S/C16H21N3/c1-12-8-16(13(12)2)18-15-9-17-19(11-15)10-14-6-4-3-5-7-14/h3-7,9,11-13,16,18H,8,10H2,1-2H3. The van der Waals surface area contributed by atoms with Gasteiger partial charge in [0.2, 0.25) is 0 Å². The summed E-state index contributed by atoms with van der Waals surface area (Å²) in [6.45, 7) is 5.47. The zero-order valence-corrected chi connectivity index (χ0v) is 11.6. The van der Waals surface area contributed by atoms with E-state index >= 15 is 0 Å². The molecule has 1 saturated carbocycles. The first-order chi connectivity index (χ1) is 9.22. The van der Waals surface area contributed by atoms with E-state index in [1.165, 1.54) is 12.0 Å². The third kappa shape index (κ3) is 2.65. The van der Waals surface area contributed by atoms with Crippen LogP contribution in [0.5, 0.6) is 0 Å². The molecular formula is C16H21N3. The third-order valence-corrected chi connectivity index (χ3v) is 4.33. The maximum absolute atomic E-state index is 4.42. The van der Waals surface area contributed by atoms with Gasteiger partial charge >= 0.3 is 0 Å². The molecule has 0 amide bonds. The van der Waals surface area contributed by atoms with Crippen molar-refractivity contribution < 1.29 is 0 Å². The van der Waals surface area contributed by atoms with Gasteiger partial charge in [-0.2, -0.15) is 5.10 Å². The van der Waals surface area contributed by atoms with Gasteiger partial charge < -0.3 is 5.32 Å². The lowest BCUT2D eigenvalue weighted by atomic mass is 9.71. The second kappa shape index (κ2) is 5.08. The van der Waals surface area contributed by atoms with E-state index in [1.54, 1.807) is 0 Å². The highest BCUT2D eigenvalue weighted by Gasteiger charge is 2.34. The molecule has 3 rings (SSSR count). The minimum absolute atomic E-state index is 0.615. The van der Waals surface area contributed by atoms with Gasteiger partial charge in [-0.1, -0.05) is 44.2 Å². The molecule has 3 nitrogen and oxygen atoms in total. The molecule has 0 bridgehead atoms. The highest BCUT2D eigenvalue weighted by atomic mass is 15.3. The van der Waals surface area contributed by atoms with Gasteiger partial charge in [0, 0.05) is 12.2 Å². The Morgan fingerprint density at radius 1 is 1.26 bits per heavy atom. The van der Waals surface area contributed by atoms with Gasteiger partial charge in [-0.25, -0.2) is 0 Å². The molecule has 1 heterocycles. The zero-order valence-electron chi connectivity index (χ0n) is 11.6. The maximum Gasteiger partial charge on any atom is 0.0728 e. The van der Waals surface area contributed by atoms with E-state index in [4.69, 9.17) is 0 Å². The first-order valence-electron chi connectivity index (χ1n) is 7.05. The van der Waals surface area contributed by atoms with Crippen LogP contribution in [-0.4, -0.2) is 15.8 Å². The first-order valence-corrected chi connectivity index (χ1v) is 7.05. The highest BCUT2D eigenvalue weighted by molar-refractivity contribution is 5.40. The minimum Gasteiger partial charge on any atom is -0.379 e. The molecule has 1 aromatic carbocycles.